The van der Waals surface area contributed by atoms with Crippen molar-refractivity contribution in [3.05, 3.63) is 29.3 Å². The Bertz CT molecular complexity index is 403. The molecule has 0 aromatic heterocycles. The van der Waals surface area contributed by atoms with Crippen molar-refractivity contribution in [2.75, 3.05) is 13.7 Å². The summed E-state index contributed by atoms with van der Waals surface area (Å²) in [5.74, 6) is 0.130. The number of ether oxygens (including phenoxy) is 1. The molecule has 4 heteroatoms. The van der Waals surface area contributed by atoms with Crippen molar-refractivity contribution in [1.82, 2.24) is 5.32 Å². The zero-order valence-corrected chi connectivity index (χ0v) is 9.19. The molecule has 1 aliphatic heterocycles. The Morgan fingerprint density at radius 1 is 1.62 bits per heavy atom. The molecule has 2 rings (SSSR count). The molecular weight excluding hydrogens is 206 g/mol. The summed E-state index contributed by atoms with van der Waals surface area (Å²) in [5, 5.41) is 11.8. The first kappa shape index (κ1) is 11.0. The molecule has 1 heterocycles. The average molecular weight is 221 g/mol. The molecular formula is C12H15NO3. The molecule has 0 saturated heterocycles. The maximum atomic E-state index is 10.7. The first-order valence-electron chi connectivity index (χ1n) is 5.35. The SMILES string of the molecule is CNC(CC(=O)O)c1ccc2c(c1)CCO2. The minimum absolute atomic E-state index is 0.0934. The number of hydrogen-bond acceptors (Lipinski definition) is 3. The maximum Gasteiger partial charge on any atom is 0.305 e. The van der Waals surface area contributed by atoms with Crippen LogP contribution in [0.5, 0.6) is 5.75 Å². The number of benzene rings is 1. The van der Waals surface area contributed by atoms with Crippen molar-refractivity contribution in [3.63, 3.8) is 0 Å². The van der Waals surface area contributed by atoms with E-state index in [9.17, 15) is 4.79 Å². The number of nitrogens with one attached hydrogen (secondary N) is 1. The highest BCUT2D eigenvalue weighted by molar-refractivity contribution is 5.68. The van der Waals surface area contributed by atoms with Crippen LogP contribution in [0.4, 0.5) is 0 Å². The van der Waals surface area contributed by atoms with Crippen molar-refractivity contribution in [2.45, 2.75) is 18.9 Å². The standard InChI is InChI=1S/C12H15NO3/c1-13-10(7-12(14)15)8-2-3-11-9(6-8)4-5-16-11/h2-3,6,10,13H,4-5,7H2,1H3,(H,14,15). The van der Waals surface area contributed by atoms with Crippen LogP contribution < -0.4 is 10.1 Å². The van der Waals surface area contributed by atoms with E-state index in [-0.39, 0.29) is 12.5 Å². The third-order valence-electron chi connectivity index (χ3n) is 2.84. The maximum absolute atomic E-state index is 10.7. The third kappa shape index (κ3) is 2.17. The molecule has 86 valence electrons. The quantitative estimate of drug-likeness (QED) is 0.806. The van der Waals surface area contributed by atoms with E-state index in [1.807, 2.05) is 18.2 Å². The van der Waals surface area contributed by atoms with Crippen LogP contribution in [0, 0.1) is 0 Å². The van der Waals surface area contributed by atoms with Gasteiger partial charge in [0.2, 0.25) is 0 Å². The zero-order chi connectivity index (χ0) is 11.5. The molecule has 1 atom stereocenters. The lowest BCUT2D eigenvalue weighted by atomic mass is 10.0. The van der Waals surface area contributed by atoms with Gasteiger partial charge in [0.15, 0.2) is 0 Å². The fourth-order valence-electron chi connectivity index (χ4n) is 1.98. The van der Waals surface area contributed by atoms with E-state index in [1.54, 1.807) is 7.05 Å². The van der Waals surface area contributed by atoms with Crippen LogP contribution in [0.15, 0.2) is 18.2 Å². The predicted octanol–water partition coefficient (Wildman–Crippen LogP) is 1.36. The second-order valence-electron chi connectivity index (χ2n) is 3.90. The summed E-state index contributed by atoms with van der Waals surface area (Å²) in [7, 11) is 1.78. The van der Waals surface area contributed by atoms with Gasteiger partial charge in [0, 0.05) is 12.5 Å². The Morgan fingerprint density at radius 2 is 2.44 bits per heavy atom. The predicted molar refractivity (Wildman–Crippen MR) is 59.7 cm³/mol. The number of carbonyl (C=O) groups is 1. The van der Waals surface area contributed by atoms with Gasteiger partial charge in [0.05, 0.1) is 13.0 Å². The number of carboxylic acid groups (broad SMARTS) is 1. The second kappa shape index (κ2) is 4.53. The first-order valence-corrected chi connectivity index (χ1v) is 5.35. The average Bonchev–Trinajstić information content (AvgIpc) is 2.72. The van der Waals surface area contributed by atoms with Crippen molar-refractivity contribution < 1.29 is 14.6 Å². The summed E-state index contributed by atoms with van der Waals surface area (Å²) >= 11 is 0. The van der Waals surface area contributed by atoms with E-state index < -0.39 is 5.97 Å². The summed E-state index contributed by atoms with van der Waals surface area (Å²) in [6.07, 6.45) is 1.00. The molecule has 2 N–H and O–H groups in total. The van der Waals surface area contributed by atoms with Crippen molar-refractivity contribution >= 4 is 5.97 Å². The van der Waals surface area contributed by atoms with Gasteiger partial charge in [0.25, 0.3) is 0 Å². The third-order valence-corrected chi connectivity index (χ3v) is 2.84. The second-order valence-corrected chi connectivity index (χ2v) is 3.90. The number of hydrogen-bond donors (Lipinski definition) is 2. The molecule has 0 spiro atoms. The monoisotopic (exact) mass is 221 g/mol. The number of carboxylic acids is 1. The van der Waals surface area contributed by atoms with Gasteiger partial charge in [-0.05, 0) is 24.2 Å². The van der Waals surface area contributed by atoms with Crippen LogP contribution in [0.2, 0.25) is 0 Å². The molecule has 1 aromatic rings. The Balaban J connectivity index is 2.21. The molecule has 0 aliphatic carbocycles. The van der Waals surface area contributed by atoms with Crippen LogP contribution in [0.1, 0.15) is 23.6 Å². The van der Waals surface area contributed by atoms with Gasteiger partial charge in [-0.15, -0.1) is 0 Å². The highest BCUT2D eigenvalue weighted by Gasteiger charge is 2.17. The molecule has 0 bridgehead atoms. The lowest BCUT2D eigenvalue weighted by Crippen LogP contribution is -2.19. The van der Waals surface area contributed by atoms with E-state index in [2.05, 4.69) is 5.32 Å². The number of rotatable bonds is 4. The molecule has 0 radical (unpaired) electrons. The Morgan fingerprint density at radius 3 is 3.12 bits per heavy atom. The Labute approximate surface area is 94.2 Å². The number of aliphatic carboxylic acids is 1. The fraction of sp³-hybridized carbons (Fsp3) is 0.417. The van der Waals surface area contributed by atoms with E-state index in [4.69, 9.17) is 9.84 Å². The highest BCUT2D eigenvalue weighted by atomic mass is 16.5. The molecule has 1 aliphatic rings. The van der Waals surface area contributed by atoms with Crippen molar-refractivity contribution in [3.8, 4) is 5.75 Å². The molecule has 0 fully saturated rings. The van der Waals surface area contributed by atoms with Gasteiger partial charge < -0.3 is 15.2 Å². The summed E-state index contributed by atoms with van der Waals surface area (Å²) in [6.45, 7) is 0.724. The molecule has 0 saturated carbocycles. The Kier molecular flexibility index (Phi) is 3.10. The zero-order valence-electron chi connectivity index (χ0n) is 9.19. The lowest BCUT2D eigenvalue weighted by molar-refractivity contribution is -0.137. The molecule has 16 heavy (non-hydrogen) atoms. The van der Waals surface area contributed by atoms with Crippen LogP contribution in [-0.2, 0) is 11.2 Å². The van der Waals surface area contributed by atoms with Gasteiger partial charge >= 0.3 is 5.97 Å². The minimum atomic E-state index is -0.795. The summed E-state index contributed by atoms with van der Waals surface area (Å²) in [5.41, 5.74) is 2.18. The lowest BCUT2D eigenvalue weighted by Gasteiger charge is -2.15. The van der Waals surface area contributed by atoms with Crippen LogP contribution in [0.25, 0.3) is 0 Å². The topological polar surface area (TPSA) is 58.6 Å². The first-order chi connectivity index (χ1) is 7.70. The smallest absolute Gasteiger partial charge is 0.305 e. The minimum Gasteiger partial charge on any atom is -0.493 e. The largest absolute Gasteiger partial charge is 0.493 e. The van der Waals surface area contributed by atoms with Gasteiger partial charge in [-0.2, -0.15) is 0 Å². The van der Waals surface area contributed by atoms with Crippen molar-refractivity contribution in [2.24, 2.45) is 0 Å². The van der Waals surface area contributed by atoms with Crippen LogP contribution >= 0.6 is 0 Å². The normalized spacial score (nSPS) is 15.3. The number of fused-ring (bicyclic) bond motifs is 1. The summed E-state index contributed by atoms with van der Waals surface area (Å²) < 4.78 is 5.41. The summed E-state index contributed by atoms with van der Waals surface area (Å²) in [6, 6.07) is 5.74. The molecule has 1 unspecified atom stereocenters. The molecule has 4 nitrogen and oxygen atoms in total. The van der Waals surface area contributed by atoms with E-state index in [1.165, 1.54) is 5.56 Å². The molecule has 1 aromatic carbocycles. The van der Waals surface area contributed by atoms with Gasteiger partial charge in [-0.25, -0.2) is 0 Å². The van der Waals surface area contributed by atoms with Crippen molar-refractivity contribution in [1.29, 1.82) is 0 Å². The van der Waals surface area contributed by atoms with E-state index >= 15 is 0 Å². The van der Waals surface area contributed by atoms with E-state index in [0.29, 0.717) is 0 Å². The van der Waals surface area contributed by atoms with Crippen LogP contribution in [-0.4, -0.2) is 24.7 Å². The van der Waals surface area contributed by atoms with Gasteiger partial charge in [-0.1, -0.05) is 12.1 Å². The highest BCUT2D eigenvalue weighted by Crippen LogP contribution is 2.28. The summed E-state index contributed by atoms with van der Waals surface area (Å²) in [4.78, 5) is 10.7. The van der Waals surface area contributed by atoms with Crippen LogP contribution in [0.3, 0.4) is 0 Å². The fourth-order valence-corrected chi connectivity index (χ4v) is 1.98. The van der Waals surface area contributed by atoms with E-state index in [0.717, 1.165) is 24.3 Å². The Hall–Kier alpha value is -1.55. The van der Waals surface area contributed by atoms with Gasteiger partial charge in [0.1, 0.15) is 5.75 Å². The van der Waals surface area contributed by atoms with Gasteiger partial charge in [-0.3, -0.25) is 4.79 Å². The molecule has 0 amide bonds.